The van der Waals surface area contributed by atoms with E-state index in [0.29, 0.717) is 5.69 Å². The van der Waals surface area contributed by atoms with Gasteiger partial charge in [0.2, 0.25) is 0 Å². The molecule has 0 aliphatic rings. The summed E-state index contributed by atoms with van der Waals surface area (Å²) in [4.78, 5) is 0. The second-order valence-electron chi connectivity index (χ2n) is 15.8. The summed E-state index contributed by atoms with van der Waals surface area (Å²) in [6.45, 7) is 0. The third-order valence-electron chi connectivity index (χ3n) is 12.5. The van der Waals surface area contributed by atoms with Crippen molar-refractivity contribution in [2.45, 2.75) is 0 Å². The lowest BCUT2D eigenvalue weighted by Crippen LogP contribution is -2.74. The van der Waals surface area contributed by atoms with Gasteiger partial charge < -0.3 is 13.6 Å². The van der Waals surface area contributed by atoms with Crippen molar-refractivity contribution < 1.29 is 23.6 Å². The fourth-order valence-electron chi connectivity index (χ4n) is 9.88. The van der Waals surface area contributed by atoms with Crippen LogP contribution in [0.25, 0.3) is 88.1 Å². The Labute approximate surface area is 391 Å². The van der Waals surface area contributed by atoms with E-state index in [1.165, 1.54) is 6.07 Å². The number of furan rings is 1. The van der Waals surface area contributed by atoms with Crippen LogP contribution < -0.4 is 20.7 Å². The fourth-order valence-corrected chi connectivity index (χ4v) is 14.7. The highest BCUT2D eigenvalue weighted by Gasteiger charge is 2.42. The van der Waals surface area contributed by atoms with Crippen LogP contribution >= 0.6 is 0 Å². The van der Waals surface area contributed by atoms with Crippen LogP contribution in [-0.2, 0) is 0 Å². The molecule has 0 atom stereocenters. The zero-order chi connectivity index (χ0) is 54.4. The van der Waals surface area contributed by atoms with Gasteiger partial charge in [-0.05, 0) is 74.7 Å². The summed E-state index contributed by atoms with van der Waals surface area (Å²) in [5, 5.41) is 5.58. The summed E-state index contributed by atoms with van der Waals surface area (Å²) < 4.78 is 138. The fraction of sp³-hybridized carbons (Fsp3) is 0. The smallest absolute Gasteiger partial charge is 0.179 e. The first-order valence-corrected chi connectivity index (χ1v) is 22.9. The van der Waals surface area contributed by atoms with Gasteiger partial charge in [0.15, 0.2) is 8.07 Å². The number of rotatable bonds is 7. The molecule has 0 saturated heterocycles. The standard InChI is InChI=1S/C60H40N2OSi/c1-4-20-42(21-5-1)62-54-34-13-10-29-49(54)51-37-38-56-58(59(51)62)53-31-11-14-35-55(53)61(56)43-22-17-28-47(40-43)64(44-23-6-2-7-24-44,45-25-8-3-9-26-45)46-27-16-19-41(39-46)48-32-18-33-52-50-30-12-15-36-57(50)63-60(48)52/h1-40H/i1D,4D,5D,10D,11D,13D,14D,20D,21D,29D,31D,34D,37D,38D. The summed E-state index contributed by atoms with van der Waals surface area (Å²) >= 11 is 0. The minimum Gasteiger partial charge on any atom is -0.455 e. The van der Waals surface area contributed by atoms with Gasteiger partial charge in [-0.2, -0.15) is 0 Å². The van der Waals surface area contributed by atoms with E-state index in [2.05, 4.69) is 72.8 Å². The lowest BCUT2D eigenvalue weighted by atomic mass is 10.0. The van der Waals surface area contributed by atoms with Crippen LogP contribution in [0.2, 0.25) is 0 Å². The molecule has 4 heteroatoms. The van der Waals surface area contributed by atoms with Gasteiger partial charge in [0.05, 0.1) is 41.3 Å². The first-order chi connectivity index (χ1) is 37.6. The maximum atomic E-state index is 10.0. The van der Waals surface area contributed by atoms with Crippen LogP contribution in [0.4, 0.5) is 0 Å². The maximum absolute atomic E-state index is 10.0. The van der Waals surface area contributed by atoms with Crippen molar-refractivity contribution >= 4 is 94.4 Å². The molecular formula is C60H40N2OSi. The lowest BCUT2D eigenvalue weighted by molar-refractivity contribution is 0.670. The van der Waals surface area contributed by atoms with Crippen LogP contribution in [0, 0.1) is 0 Å². The van der Waals surface area contributed by atoms with Crippen molar-refractivity contribution in [1.82, 2.24) is 9.13 Å². The van der Waals surface area contributed by atoms with Crippen molar-refractivity contribution in [2.75, 3.05) is 0 Å². The van der Waals surface area contributed by atoms with E-state index in [9.17, 15) is 9.60 Å². The van der Waals surface area contributed by atoms with E-state index in [1.54, 1.807) is 4.57 Å². The highest BCUT2D eigenvalue weighted by atomic mass is 28.3. The monoisotopic (exact) mass is 846 g/mol. The minimum atomic E-state index is -3.47. The Morgan fingerprint density at radius 1 is 0.391 bits per heavy atom. The van der Waals surface area contributed by atoms with Gasteiger partial charge in [0.1, 0.15) is 11.2 Å². The van der Waals surface area contributed by atoms with E-state index in [1.807, 2.05) is 78.9 Å². The molecule has 13 aromatic rings. The van der Waals surface area contributed by atoms with Gasteiger partial charge >= 0.3 is 0 Å². The number of fused-ring (bicyclic) bond motifs is 10. The molecule has 0 bridgehead atoms. The average Bonchev–Trinajstić information content (AvgIpc) is 4.08. The molecule has 3 heterocycles. The second kappa shape index (κ2) is 14.5. The van der Waals surface area contributed by atoms with Crippen molar-refractivity contribution in [3.8, 4) is 22.5 Å². The van der Waals surface area contributed by atoms with Gasteiger partial charge in [-0.3, -0.25) is 0 Å². The molecule has 13 rings (SSSR count). The van der Waals surface area contributed by atoms with E-state index < -0.39 is 92.3 Å². The van der Waals surface area contributed by atoms with Crippen molar-refractivity contribution in [3.05, 3.63) is 242 Å². The molecule has 3 aromatic heterocycles. The Balaban J connectivity index is 1.18. The minimum absolute atomic E-state index is 0.00237. The predicted octanol–water partition coefficient (Wildman–Crippen LogP) is 12.8. The van der Waals surface area contributed by atoms with Crippen molar-refractivity contribution in [1.29, 1.82) is 0 Å². The number of hydrogen-bond donors (Lipinski definition) is 0. The van der Waals surface area contributed by atoms with Crippen LogP contribution in [0.1, 0.15) is 19.2 Å². The molecule has 10 aromatic carbocycles. The van der Waals surface area contributed by atoms with E-state index in [-0.39, 0.29) is 49.7 Å². The average molecular weight is 847 g/mol. The van der Waals surface area contributed by atoms with Gasteiger partial charge in [-0.1, -0.05) is 194 Å². The van der Waals surface area contributed by atoms with E-state index >= 15 is 0 Å². The van der Waals surface area contributed by atoms with Crippen molar-refractivity contribution in [2.24, 2.45) is 0 Å². The number of benzene rings is 10. The Morgan fingerprint density at radius 2 is 1.05 bits per heavy atom. The molecule has 300 valence electrons. The molecular weight excluding hydrogens is 793 g/mol. The summed E-state index contributed by atoms with van der Waals surface area (Å²) in [7, 11) is -3.47. The molecule has 0 N–H and O–H groups in total. The SMILES string of the molecule is [2H]c1cc2c(c([2H])c1[2H])c1c(c([2H])c([2H])c3c4c([2H])c([2H])c([2H])c([2H])c4n(-c4c([2H])c([2H])c([2H])c([2H])c4[2H])c31)n2-c1cccc([Si](c2ccccc2)(c2ccccc2)c2cccc(-c3cccc4c3oc3ccccc34)c2)c1. The molecule has 0 amide bonds. The second-order valence-corrected chi connectivity index (χ2v) is 19.6. The zero-order valence-electron chi connectivity index (χ0n) is 47.8. The number of nitrogens with zero attached hydrogens (tertiary/aromatic N) is 2. The third kappa shape index (κ3) is 5.33. The highest BCUT2D eigenvalue weighted by Crippen LogP contribution is 2.42. The van der Waals surface area contributed by atoms with Crippen LogP contribution in [0.3, 0.4) is 0 Å². The Morgan fingerprint density at radius 3 is 1.88 bits per heavy atom. The Bertz CT molecular complexity index is 4680. The van der Waals surface area contributed by atoms with Crippen molar-refractivity contribution in [3.63, 3.8) is 0 Å². The van der Waals surface area contributed by atoms with Gasteiger partial charge in [0.25, 0.3) is 0 Å². The third-order valence-corrected chi connectivity index (χ3v) is 17.2. The summed E-state index contributed by atoms with van der Waals surface area (Å²) in [5.74, 6) is 0. The van der Waals surface area contributed by atoms with Crippen LogP contribution in [-0.4, -0.2) is 17.2 Å². The predicted molar refractivity (Wildman–Crippen MR) is 271 cm³/mol. The van der Waals surface area contributed by atoms with Gasteiger partial charge in [-0.25, -0.2) is 0 Å². The molecule has 0 radical (unpaired) electrons. The summed E-state index contributed by atoms with van der Waals surface area (Å²) in [6.07, 6.45) is 0. The zero-order valence-corrected chi connectivity index (χ0v) is 34.8. The van der Waals surface area contributed by atoms with E-state index in [4.69, 9.17) is 14.0 Å². The molecule has 0 aliphatic carbocycles. The Kier molecular flexibility index (Phi) is 5.66. The lowest BCUT2D eigenvalue weighted by Gasteiger charge is -2.35. The molecule has 0 fully saturated rings. The Hall–Kier alpha value is -8.18. The molecule has 0 unspecified atom stereocenters. The van der Waals surface area contributed by atoms with Gasteiger partial charge in [0, 0.05) is 49.3 Å². The highest BCUT2D eigenvalue weighted by molar-refractivity contribution is 7.20. The quantitative estimate of drug-likeness (QED) is 0.116. The normalized spacial score (nSPS) is 15.1. The van der Waals surface area contributed by atoms with Crippen LogP contribution in [0.5, 0.6) is 0 Å². The van der Waals surface area contributed by atoms with Crippen LogP contribution in [0.15, 0.2) is 247 Å². The number of aromatic nitrogens is 2. The topological polar surface area (TPSA) is 23.0 Å². The largest absolute Gasteiger partial charge is 0.455 e. The number of hydrogen-bond acceptors (Lipinski definition) is 1. The maximum Gasteiger partial charge on any atom is 0.179 e. The molecule has 3 nitrogen and oxygen atoms in total. The summed E-state index contributed by atoms with van der Waals surface area (Å²) in [6, 6.07) is 44.0. The number of para-hydroxylation sites is 5. The first kappa shape index (κ1) is 25.1. The van der Waals surface area contributed by atoms with E-state index in [0.717, 1.165) is 58.4 Å². The first-order valence-electron chi connectivity index (χ1n) is 27.9. The molecule has 0 spiro atoms. The molecule has 0 saturated carbocycles. The molecule has 64 heavy (non-hydrogen) atoms. The molecule has 0 aliphatic heterocycles. The van der Waals surface area contributed by atoms with Gasteiger partial charge in [-0.15, -0.1) is 0 Å². The summed E-state index contributed by atoms with van der Waals surface area (Å²) in [5.41, 5.74) is 3.06.